The zero-order chi connectivity index (χ0) is 21.9. The summed E-state index contributed by atoms with van der Waals surface area (Å²) in [5.74, 6) is 1.44. The number of unbranched alkanes of at least 4 members (excludes halogenated alkanes) is 1. The van der Waals surface area contributed by atoms with Crippen molar-refractivity contribution in [1.29, 1.82) is 0 Å². The van der Waals surface area contributed by atoms with E-state index in [1.54, 1.807) is 24.4 Å². The van der Waals surface area contributed by atoms with Crippen LogP contribution in [-0.2, 0) is 16.4 Å². The van der Waals surface area contributed by atoms with Crippen LogP contribution in [0, 0.1) is 0 Å². The minimum absolute atomic E-state index is 0.149. The molecule has 0 radical (unpaired) electrons. The van der Waals surface area contributed by atoms with E-state index in [1.807, 2.05) is 36.6 Å². The van der Waals surface area contributed by atoms with Gasteiger partial charge in [0.05, 0.1) is 27.6 Å². The highest BCUT2D eigenvalue weighted by atomic mass is 35.5. The first-order valence-corrected chi connectivity index (χ1v) is 12.1. The molecule has 0 N–H and O–H groups in total. The molecule has 4 rings (SSSR count). The van der Waals surface area contributed by atoms with Gasteiger partial charge < -0.3 is 4.74 Å². The normalized spacial score (nSPS) is 19.4. The van der Waals surface area contributed by atoms with Gasteiger partial charge in [-0.1, -0.05) is 37.1 Å². The number of rotatable bonds is 8. The van der Waals surface area contributed by atoms with Crippen molar-refractivity contribution in [3.63, 3.8) is 0 Å². The fourth-order valence-corrected chi connectivity index (χ4v) is 5.14. The molecule has 1 atom stereocenters. The first-order chi connectivity index (χ1) is 14.9. The molecular weight excluding hydrogens is 432 g/mol. The van der Waals surface area contributed by atoms with E-state index in [9.17, 15) is 8.42 Å². The van der Waals surface area contributed by atoms with Crippen LogP contribution in [0.3, 0.4) is 0 Å². The summed E-state index contributed by atoms with van der Waals surface area (Å²) >= 11 is 6.27. The zero-order valence-electron chi connectivity index (χ0n) is 17.2. The minimum Gasteiger partial charge on any atom is -0.492 e. The van der Waals surface area contributed by atoms with Gasteiger partial charge in [0.1, 0.15) is 24.7 Å². The number of nitrogens with zero attached hydrogens (tertiary/aromatic N) is 2. The summed E-state index contributed by atoms with van der Waals surface area (Å²) in [6.45, 7) is 3.28. The highest BCUT2D eigenvalue weighted by Crippen LogP contribution is 2.31. The van der Waals surface area contributed by atoms with Crippen LogP contribution < -0.4 is 4.74 Å². The van der Waals surface area contributed by atoms with Crippen LogP contribution >= 0.6 is 11.6 Å². The molecule has 0 aliphatic carbocycles. The van der Waals surface area contributed by atoms with Gasteiger partial charge in [-0.25, -0.2) is 12.9 Å². The van der Waals surface area contributed by atoms with E-state index >= 15 is 0 Å². The molecule has 5 nitrogen and oxygen atoms in total. The second kappa shape index (κ2) is 8.83. The Labute approximate surface area is 188 Å². The number of hydrogen-bond acceptors (Lipinski definition) is 4. The summed E-state index contributed by atoms with van der Waals surface area (Å²) in [6.07, 6.45) is 13.8. The molecule has 0 saturated heterocycles. The molecule has 2 aromatic carbocycles. The van der Waals surface area contributed by atoms with E-state index in [1.165, 1.54) is 12.1 Å². The molecule has 0 fully saturated rings. The molecule has 7 heteroatoms. The van der Waals surface area contributed by atoms with Gasteiger partial charge in [0.2, 0.25) is 15.7 Å². The third kappa shape index (κ3) is 4.37. The molecule has 0 saturated carbocycles. The molecule has 0 bridgehead atoms. The Morgan fingerprint density at radius 1 is 1.03 bits per heavy atom. The largest absolute Gasteiger partial charge is 0.492 e. The monoisotopic (exact) mass is 455 g/mol. The van der Waals surface area contributed by atoms with Crippen molar-refractivity contribution < 1.29 is 17.6 Å². The molecular formula is C24H24ClN2O3S+. The summed E-state index contributed by atoms with van der Waals surface area (Å²) in [6, 6.07) is 11.6. The number of allylic oxidation sites excluding steroid dienone is 2. The predicted octanol–water partition coefficient (Wildman–Crippen LogP) is 5.64. The lowest BCUT2D eigenvalue weighted by atomic mass is 10.1. The Morgan fingerprint density at radius 2 is 1.81 bits per heavy atom. The third-order valence-electron chi connectivity index (χ3n) is 5.32. The van der Waals surface area contributed by atoms with E-state index < -0.39 is 9.84 Å². The first kappa shape index (κ1) is 21.6. The van der Waals surface area contributed by atoms with E-state index in [2.05, 4.69) is 18.1 Å². The lowest BCUT2D eigenvalue weighted by molar-refractivity contribution is -0.743. The Bertz CT molecular complexity index is 1200. The molecule has 0 spiro atoms. The van der Waals surface area contributed by atoms with Crippen molar-refractivity contribution in [1.82, 2.24) is 0 Å². The van der Waals surface area contributed by atoms with Gasteiger partial charge in [0.25, 0.3) is 0 Å². The van der Waals surface area contributed by atoms with Gasteiger partial charge >= 0.3 is 0 Å². The number of fused-ring (bicyclic) bond motifs is 1. The van der Waals surface area contributed by atoms with Crippen molar-refractivity contribution in [2.75, 3.05) is 6.61 Å². The van der Waals surface area contributed by atoms with Gasteiger partial charge in [0.15, 0.2) is 0 Å². The van der Waals surface area contributed by atoms with Crippen molar-refractivity contribution in [3.8, 4) is 5.75 Å². The Hall–Kier alpha value is -2.67. The quantitative estimate of drug-likeness (QED) is 0.382. The fourth-order valence-electron chi connectivity index (χ4n) is 3.56. The summed E-state index contributed by atoms with van der Waals surface area (Å²) in [4.78, 5) is 4.79. The number of quaternary nitrogens is 1. The summed E-state index contributed by atoms with van der Waals surface area (Å²) in [5.41, 5.74) is 1.01. The van der Waals surface area contributed by atoms with Crippen LogP contribution in [0.4, 0.5) is 0 Å². The molecule has 1 unspecified atom stereocenters. The molecule has 2 aliphatic rings. The standard InChI is InChI=1S/C24H24ClN2O3S/c1-2-3-16-30-23-12-11-21(17-22(23)25)31(28,29)20-9-7-19(8-10-20)18-27-14-5-4-6-24(27)26-13-15-27/h4-15,17H,2-3,16,18H2,1H3/q+1. The molecule has 2 aromatic rings. The number of aliphatic imine (C=N–C) groups is 1. The number of sulfone groups is 1. The fraction of sp³-hybridized carbons (Fsp3) is 0.208. The zero-order valence-corrected chi connectivity index (χ0v) is 18.8. The molecule has 2 heterocycles. The predicted molar refractivity (Wildman–Crippen MR) is 123 cm³/mol. The van der Waals surface area contributed by atoms with Crippen LogP contribution in [0.2, 0.25) is 5.02 Å². The number of amidine groups is 1. The van der Waals surface area contributed by atoms with Crippen molar-refractivity contribution in [2.24, 2.45) is 4.99 Å². The average molecular weight is 456 g/mol. The summed E-state index contributed by atoms with van der Waals surface area (Å²) < 4.78 is 32.3. The van der Waals surface area contributed by atoms with Crippen LogP contribution in [0.15, 0.2) is 94.1 Å². The maximum Gasteiger partial charge on any atom is 0.237 e. The van der Waals surface area contributed by atoms with Crippen LogP contribution in [-0.4, -0.2) is 25.3 Å². The van der Waals surface area contributed by atoms with Gasteiger partial charge in [0, 0.05) is 11.6 Å². The van der Waals surface area contributed by atoms with Crippen molar-refractivity contribution >= 4 is 27.3 Å². The van der Waals surface area contributed by atoms with Crippen LogP contribution in [0.25, 0.3) is 0 Å². The molecule has 160 valence electrons. The SMILES string of the molecule is CCCCOc1ccc(S(=O)(=O)c2ccc(C[N+]34C=CC=CC3=NC=C4)cc2)cc1Cl. The Balaban J connectivity index is 1.53. The Morgan fingerprint density at radius 3 is 2.55 bits per heavy atom. The lowest BCUT2D eigenvalue weighted by Crippen LogP contribution is -2.40. The molecule has 2 aliphatic heterocycles. The smallest absolute Gasteiger partial charge is 0.237 e. The Kier molecular flexibility index (Phi) is 6.14. The van der Waals surface area contributed by atoms with Gasteiger partial charge in [-0.05, 0) is 48.9 Å². The third-order valence-corrected chi connectivity index (χ3v) is 7.38. The average Bonchev–Trinajstić information content (AvgIpc) is 3.19. The van der Waals surface area contributed by atoms with E-state index in [0.717, 1.165) is 24.2 Å². The number of benzene rings is 2. The maximum atomic E-state index is 13.1. The van der Waals surface area contributed by atoms with Crippen molar-refractivity contribution in [3.05, 3.63) is 89.9 Å². The van der Waals surface area contributed by atoms with E-state index in [4.69, 9.17) is 16.3 Å². The number of hydrogen-bond donors (Lipinski definition) is 0. The van der Waals surface area contributed by atoms with Gasteiger partial charge in [-0.3, -0.25) is 0 Å². The summed E-state index contributed by atoms with van der Waals surface area (Å²) in [5, 5.41) is 0.294. The summed E-state index contributed by atoms with van der Waals surface area (Å²) in [7, 11) is -3.68. The molecule has 0 aromatic heterocycles. The van der Waals surface area contributed by atoms with E-state index in [-0.39, 0.29) is 9.79 Å². The first-order valence-electron chi connectivity index (χ1n) is 10.2. The van der Waals surface area contributed by atoms with Gasteiger partial charge in [-0.2, -0.15) is 4.99 Å². The topological polar surface area (TPSA) is 55.7 Å². The van der Waals surface area contributed by atoms with Gasteiger partial charge in [-0.15, -0.1) is 0 Å². The van der Waals surface area contributed by atoms with Crippen LogP contribution in [0.5, 0.6) is 5.75 Å². The number of ether oxygens (including phenoxy) is 1. The minimum atomic E-state index is -3.68. The highest BCUT2D eigenvalue weighted by Gasteiger charge is 2.33. The molecule has 0 amide bonds. The second-order valence-electron chi connectivity index (χ2n) is 7.52. The van der Waals surface area contributed by atoms with Crippen molar-refractivity contribution in [2.45, 2.75) is 36.1 Å². The van der Waals surface area contributed by atoms with Crippen LogP contribution in [0.1, 0.15) is 25.3 Å². The maximum absolute atomic E-state index is 13.1. The molecule has 31 heavy (non-hydrogen) atoms. The lowest BCUT2D eigenvalue weighted by Gasteiger charge is -2.28. The van der Waals surface area contributed by atoms with E-state index in [0.29, 0.717) is 28.4 Å². The number of halogens is 1. The highest BCUT2D eigenvalue weighted by molar-refractivity contribution is 7.91. The second-order valence-corrected chi connectivity index (χ2v) is 9.87.